The van der Waals surface area contributed by atoms with E-state index in [2.05, 4.69) is 15.6 Å². The summed E-state index contributed by atoms with van der Waals surface area (Å²) in [5.74, 6) is 0.124. The fourth-order valence-corrected chi connectivity index (χ4v) is 2.06. The Hall–Kier alpha value is -1.23. The molecule has 5 heteroatoms. The Kier molecular flexibility index (Phi) is 3.33. The van der Waals surface area contributed by atoms with Gasteiger partial charge in [0.15, 0.2) is 5.78 Å². The molecule has 1 N–H and O–H groups in total. The van der Waals surface area contributed by atoms with E-state index in [0.717, 1.165) is 25.8 Å². The molecule has 0 bridgehead atoms. The number of ketones is 1. The second-order valence-electron chi connectivity index (χ2n) is 4.52. The summed E-state index contributed by atoms with van der Waals surface area (Å²) >= 11 is 0. The van der Waals surface area contributed by atoms with Crippen molar-refractivity contribution in [1.29, 1.82) is 0 Å². The zero-order chi connectivity index (χ0) is 11.5. The molecule has 5 nitrogen and oxygen atoms in total. The molecule has 1 aromatic heterocycles. The lowest BCUT2D eigenvalue weighted by atomic mass is 9.99. The summed E-state index contributed by atoms with van der Waals surface area (Å²) in [4.78, 5) is 12.2. The number of nitrogens with one attached hydrogen (secondary N) is 1. The number of carbonyl (C=O) groups excluding carboxylic acids is 1. The van der Waals surface area contributed by atoms with E-state index < -0.39 is 0 Å². The highest BCUT2D eigenvalue weighted by Gasteiger charge is 2.25. The second-order valence-corrected chi connectivity index (χ2v) is 4.52. The zero-order valence-corrected chi connectivity index (χ0v) is 9.81. The van der Waals surface area contributed by atoms with E-state index in [1.807, 2.05) is 13.8 Å². The first-order valence-electron chi connectivity index (χ1n) is 5.88. The van der Waals surface area contributed by atoms with Crippen LogP contribution in [-0.4, -0.2) is 33.4 Å². The van der Waals surface area contributed by atoms with Gasteiger partial charge in [-0.25, -0.2) is 4.68 Å². The minimum Gasteiger partial charge on any atom is -0.307 e. The first-order valence-corrected chi connectivity index (χ1v) is 5.88. The maximum Gasteiger partial charge on any atom is 0.199 e. The first kappa shape index (κ1) is 11.3. The van der Waals surface area contributed by atoms with Gasteiger partial charge in [0.1, 0.15) is 5.69 Å². The number of aromatic nitrogens is 3. The molecule has 1 aliphatic heterocycles. The molecule has 2 rings (SSSR count). The SMILES string of the molecule is CC(C)n1nncc1C(=O)C1CCCCN1. The molecule has 88 valence electrons. The predicted octanol–water partition coefficient (Wildman–Crippen LogP) is 1.18. The summed E-state index contributed by atoms with van der Waals surface area (Å²) < 4.78 is 1.69. The van der Waals surface area contributed by atoms with Gasteiger partial charge in [-0.2, -0.15) is 0 Å². The van der Waals surface area contributed by atoms with Crippen molar-refractivity contribution < 1.29 is 4.79 Å². The fraction of sp³-hybridized carbons (Fsp3) is 0.727. The molecule has 16 heavy (non-hydrogen) atoms. The highest BCUT2D eigenvalue weighted by Crippen LogP contribution is 2.14. The molecule has 0 aliphatic carbocycles. The highest BCUT2D eigenvalue weighted by atomic mass is 16.1. The number of rotatable bonds is 3. The molecule has 0 aromatic carbocycles. The van der Waals surface area contributed by atoms with Crippen molar-refractivity contribution in [3.8, 4) is 0 Å². The third kappa shape index (κ3) is 2.14. The zero-order valence-electron chi connectivity index (χ0n) is 9.81. The Morgan fingerprint density at radius 1 is 1.56 bits per heavy atom. The number of hydrogen-bond acceptors (Lipinski definition) is 4. The summed E-state index contributed by atoms with van der Waals surface area (Å²) in [7, 11) is 0. The van der Waals surface area contributed by atoms with Crippen LogP contribution in [0.2, 0.25) is 0 Å². The lowest BCUT2D eigenvalue weighted by molar-refractivity contribution is 0.0914. The maximum absolute atomic E-state index is 12.2. The van der Waals surface area contributed by atoms with E-state index in [-0.39, 0.29) is 17.9 Å². The Labute approximate surface area is 95.2 Å². The maximum atomic E-state index is 12.2. The van der Waals surface area contributed by atoms with Gasteiger partial charge in [-0.05, 0) is 33.2 Å². The van der Waals surface area contributed by atoms with Gasteiger partial charge in [-0.1, -0.05) is 11.6 Å². The van der Waals surface area contributed by atoms with Crippen molar-refractivity contribution in [2.45, 2.75) is 45.2 Å². The fourth-order valence-electron chi connectivity index (χ4n) is 2.06. The van der Waals surface area contributed by atoms with E-state index in [1.54, 1.807) is 10.9 Å². The topological polar surface area (TPSA) is 59.8 Å². The van der Waals surface area contributed by atoms with Crippen LogP contribution in [0.3, 0.4) is 0 Å². The minimum absolute atomic E-state index is 0.0512. The molecule has 1 atom stereocenters. The van der Waals surface area contributed by atoms with E-state index in [1.165, 1.54) is 0 Å². The van der Waals surface area contributed by atoms with E-state index in [9.17, 15) is 4.79 Å². The van der Waals surface area contributed by atoms with Crippen LogP contribution >= 0.6 is 0 Å². The van der Waals surface area contributed by atoms with Crippen LogP contribution in [-0.2, 0) is 0 Å². The van der Waals surface area contributed by atoms with Crippen LogP contribution in [0.25, 0.3) is 0 Å². The van der Waals surface area contributed by atoms with Gasteiger partial charge in [0, 0.05) is 6.04 Å². The molecular formula is C11H18N4O. The van der Waals surface area contributed by atoms with Crippen LogP contribution in [0.15, 0.2) is 6.20 Å². The summed E-state index contributed by atoms with van der Waals surface area (Å²) in [6, 6.07) is 0.120. The molecule has 1 aromatic rings. The molecule has 2 heterocycles. The second kappa shape index (κ2) is 4.74. The van der Waals surface area contributed by atoms with Crippen molar-refractivity contribution in [1.82, 2.24) is 20.3 Å². The van der Waals surface area contributed by atoms with Gasteiger partial charge >= 0.3 is 0 Å². The number of carbonyl (C=O) groups is 1. The molecule has 1 aliphatic rings. The van der Waals surface area contributed by atoms with Crippen LogP contribution < -0.4 is 5.32 Å². The van der Waals surface area contributed by atoms with Crippen LogP contribution in [0.4, 0.5) is 0 Å². The number of hydrogen-bond donors (Lipinski definition) is 1. The van der Waals surface area contributed by atoms with Crippen molar-refractivity contribution >= 4 is 5.78 Å². The molecule has 1 saturated heterocycles. The van der Waals surface area contributed by atoms with Gasteiger partial charge in [0.05, 0.1) is 12.2 Å². The number of piperidine rings is 1. The van der Waals surface area contributed by atoms with Gasteiger partial charge in [-0.3, -0.25) is 4.79 Å². The highest BCUT2D eigenvalue weighted by molar-refractivity contribution is 5.98. The summed E-state index contributed by atoms with van der Waals surface area (Å²) in [6.07, 6.45) is 4.76. The quantitative estimate of drug-likeness (QED) is 0.780. The Bertz CT molecular complexity index is 366. The van der Waals surface area contributed by atoms with Gasteiger partial charge < -0.3 is 5.32 Å². The standard InChI is InChI=1S/C11H18N4O/c1-8(2)15-10(7-13-14-15)11(16)9-5-3-4-6-12-9/h7-9,12H,3-6H2,1-2H3. The van der Waals surface area contributed by atoms with E-state index in [4.69, 9.17) is 0 Å². The summed E-state index contributed by atoms with van der Waals surface area (Å²) in [5.41, 5.74) is 0.620. The molecule has 0 amide bonds. The normalized spacial score (nSPS) is 21.3. The van der Waals surface area contributed by atoms with E-state index in [0.29, 0.717) is 5.69 Å². The van der Waals surface area contributed by atoms with Crippen LogP contribution in [0.5, 0.6) is 0 Å². The smallest absolute Gasteiger partial charge is 0.199 e. The average molecular weight is 222 g/mol. The monoisotopic (exact) mass is 222 g/mol. The predicted molar refractivity (Wildman–Crippen MR) is 60.4 cm³/mol. The average Bonchev–Trinajstić information content (AvgIpc) is 2.78. The molecular weight excluding hydrogens is 204 g/mol. The Morgan fingerprint density at radius 2 is 2.38 bits per heavy atom. The Balaban J connectivity index is 2.16. The number of Topliss-reactive ketones (excluding diaryl/α,β-unsaturated/α-hetero) is 1. The molecule has 0 radical (unpaired) electrons. The Morgan fingerprint density at radius 3 is 3.00 bits per heavy atom. The van der Waals surface area contributed by atoms with Crippen molar-refractivity contribution in [2.24, 2.45) is 0 Å². The lowest BCUT2D eigenvalue weighted by Gasteiger charge is -2.22. The van der Waals surface area contributed by atoms with Crippen molar-refractivity contribution in [3.05, 3.63) is 11.9 Å². The summed E-state index contributed by atoms with van der Waals surface area (Å²) in [5, 5.41) is 11.0. The third-order valence-corrected chi connectivity index (χ3v) is 2.94. The van der Waals surface area contributed by atoms with Crippen LogP contribution in [0.1, 0.15) is 49.6 Å². The van der Waals surface area contributed by atoms with Gasteiger partial charge in [0.25, 0.3) is 0 Å². The molecule has 0 spiro atoms. The minimum atomic E-state index is -0.0512. The third-order valence-electron chi connectivity index (χ3n) is 2.94. The number of nitrogens with zero attached hydrogens (tertiary/aromatic N) is 3. The summed E-state index contributed by atoms with van der Waals surface area (Å²) in [6.45, 7) is 4.93. The van der Waals surface area contributed by atoms with E-state index >= 15 is 0 Å². The van der Waals surface area contributed by atoms with Crippen molar-refractivity contribution in [3.63, 3.8) is 0 Å². The van der Waals surface area contributed by atoms with Crippen molar-refractivity contribution in [2.75, 3.05) is 6.54 Å². The van der Waals surface area contributed by atoms with Gasteiger partial charge in [0.2, 0.25) is 0 Å². The molecule has 1 fully saturated rings. The van der Waals surface area contributed by atoms with Gasteiger partial charge in [-0.15, -0.1) is 5.10 Å². The largest absolute Gasteiger partial charge is 0.307 e. The molecule has 1 unspecified atom stereocenters. The first-order chi connectivity index (χ1) is 7.70. The molecule has 0 saturated carbocycles. The lowest BCUT2D eigenvalue weighted by Crippen LogP contribution is -2.41. The van der Waals surface area contributed by atoms with Crippen LogP contribution in [0, 0.1) is 0 Å².